The van der Waals surface area contributed by atoms with Crippen molar-refractivity contribution >= 4 is 56.9 Å². The van der Waals surface area contributed by atoms with Gasteiger partial charge in [0.15, 0.2) is 0 Å². The van der Waals surface area contributed by atoms with E-state index in [4.69, 9.17) is 0 Å². The lowest BCUT2D eigenvalue weighted by molar-refractivity contribution is -0.122. The van der Waals surface area contributed by atoms with Gasteiger partial charge in [0, 0.05) is 11.1 Å². The summed E-state index contributed by atoms with van der Waals surface area (Å²) < 4.78 is 0.878. The standard InChI is InChI=1S/C14H8BrN3O3S/c15-11-4-3-9(22-11)6-10-12(19)17-14(21)18(13(10)20)8-2-1-5-16-7-8/h1-7H,(H,17,19,21)/b10-6+. The quantitative estimate of drug-likeness (QED) is 0.644. The number of barbiturate groups is 1. The van der Waals surface area contributed by atoms with E-state index >= 15 is 0 Å². The monoisotopic (exact) mass is 377 g/mol. The highest BCUT2D eigenvalue weighted by Crippen LogP contribution is 2.26. The average molecular weight is 378 g/mol. The first kappa shape index (κ1) is 14.6. The summed E-state index contributed by atoms with van der Waals surface area (Å²) >= 11 is 4.69. The SMILES string of the molecule is O=C1NC(=O)N(c2cccnc2)C(=O)/C1=C/c1ccc(Br)s1. The molecular weight excluding hydrogens is 370 g/mol. The molecule has 0 saturated carbocycles. The average Bonchev–Trinajstić information content (AvgIpc) is 2.90. The molecule has 22 heavy (non-hydrogen) atoms. The number of anilines is 1. The van der Waals surface area contributed by atoms with Crippen LogP contribution in [0.4, 0.5) is 10.5 Å². The van der Waals surface area contributed by atoms with Gasteiger partial charge in [0.05, 0.1) is 15.7 Å². The Morgan fingerprint density at radius 2 is 2.05 bits per heavy atom. The molecule has 4 amide bonds. The first-order valence-corrected chi connectivity index (χ1v) is 7.74. The molecule has 0 spiro atoms. The van der Waals surface area contributed by atoms with Gasteiger partial charge in [0.1, 0.15) is 5.57 Å². The summed E-state index contributed by atoms with van der Waals surface area (Å²) in [5, 5.41) is 2.16. The molecular formula is C14H8BrN3O3S. The highest BCUT2D eigenvalue weighted by atomic mass is 79.9. The number of carbonyl (C=O) groups is 3. The number of urea groups is 1. The zero-order chi connectivity index (χ0) is 15.7. The fourth-order valence-corrected chi connectivity index (χ4v) is 3.29. The van der Waals surface area contributed by atoms with Crippen LogP contribution >= 0.6 is 27.3 Å². The molecule has 0 radical (unpaired) electrons. The van der Waals surface area contributed by atoms with Crippen LogP contribution in [-0.2, 0) is 9.59 Å². The third kappa shape index (κ3) is 2.70. The summed E-state index contributed by atoms with van der Waals surface area (Å²) in [5.74, 6) is -1.38. The first-order chi connectivity index (χ1) is 10.6. The topological polar surface area (TPSA) is 79.4 Å². The Labute approximate surface area is 137 Å². The molecule has 2 aromatic rings. The Balaban J connectivity index is 2.01. The van der Waals surface area contributed by atoms with Gasteiger partial charge in [-0.2, -0.15) is 0 Å². The molecule has 6 nitrogen and oxygen atoms in total. The highest BCUT2D eigenvalue weighted by molar-refractivity contribution is 9.11. The Morgan fingerprint density at radius 1 is 1.23 bits per heavy atom. The molecule has 0 aliphatic carbocycles. The van der Waals surface area contributed by atoms with Gasteiger partial charge in [-0.3, -0.25) is 19.9 Å². The number of pyridine rings is 1. The van der Waals surface area contributed by atoms with E-state index in [1.165, 1.54) is 29.8 Å². The molecule has 0 unspecified atom stereocenters. The number of halogens is 1. The minimum Gasteiger partial charge on any atom is -0.273 e. The summed E-state index contributed by atoms with van der Waals surface area (Å²) in [6, 6.07) is 5.97. The minimum absolute atomic E-state index is 0.0993. The summed E-state index contributed by atoms with van der Waals surface area (Å²) in [4.78, 5) is 41.9. The number of carbonyl (C=O) groups excluding carboxylic acids is 3. The van der Waals surface area contributed by atoms with Crippen molar-refractivity contribution in [3.63, 3.8) is 0 Å². The molecule has 1 fully saturated rings. The van der Waals surface area contributed by atoms with Crippen LogP contribution in [0.2, 0.25) is 0 Å². The molecule has 0 bridgehead atoms. The lowest BCUT2D eigenvalue weighted by atomic mass is 10.1. The van der Waals surface area contributed by atoms with Crippen LogP contribution in [0.15, 0.2) is 46.0 Å². The van der Waals surface area contributed by atoms with Crippen molar-refractivity contribution in [2.45, 2.75) is 0 Å². The van der Waals surface area contributed by atoms with Gasteiger partial charge in [-0.05, 0) is 46.3 Å². The van der Waals surface area contributed by atoms with E-state index in [1.54, 1.807) is 18.2 Å². The maximum absolute atomic E-state index is 12.5. The number of amides is 4. The van der Waals surface area contributed by atoms with Crippen LogP contribution in [0.1, 0.15) is 4.88 Å². The second-order valence-electron chi connectivity index (χ2n) is 4.31. The van der Waals surface area contributed by atoms with E-state index in [-0.39, 0.29) is 5.57 Å². The minimum atomic E-state index is -0.785. The van der Waals surface area contributed by atoms with E-state index in [1.807, 2.05) is 6.07 Å². The summed E-state index contributed by atoms with van der Waals surface area (Å²) in [7, 11) is 0. The van der Waals surface area contributed by atoms with E-state index in [0.717, 1.165) is 13.6 Å². The van der Waals surface area contributed by atoms with Crippen molar-refractivity contribution in [2.75, 3.05) is 4.90 Å². The Kier molecular flexibility index (Phi) is 3.86. The molecule has 110 valence electrons. The van der Waals surface area contributed by atoms with Crippen LogP contribution < -0.4 is 10.2 Å². The van der Waals surface area contributed by atoms with Gasteiger partial charge in [0.2, 0.25) is 0 Å². The van der Waals surface area contributed by atoms with E-state index < -0.39 is 17.8 Å². The second-order valence-corrected chi connectivity index (χ2v) is 6.81. The zero-order valence-corrected chi connectivity index (χ0v) is 13.3. The largest absolute Gasteiger partial charge is 0.336 e. The van der Waals surface area contributed by atoms with Crippen LogP contribution in [0.5, 0.6) is 0 Å². The van der Waals surface area contributed by atoms with E-state index in [2.05, 4.69) is 26.2 Å². The van der Waals surface area contributed by atoms with Crippen molar-refractivity contribution in [2.24, 2.45) is 0 Å². The van der Waals surface area contributed by atoms with Crippen molar-refractivity contribution in [1.82, 2.24) is 10.3 Å². The Bertz CT molecular complexity index is 801. The van der Waals surface area contributed by atoms with Crippen molar-refractivity contribution in [3.8, 4) is 0 Å². The van der Waals surface area contributed by atoms with E-state index in [0.29, 0.717) is 5.69 Å². The molecule has 2 aromatic heterocycles. The van der Waals surface area contributed by atoms with Gasteiger partial charge in [0.25, 0.3) is 11.8 Å². The van der Waals surface area contributed by atoms with Crippen molar-refractivity contribution in [1.29, 1.82) is 0 Å². The van der Waals surface area contributed by atoms with Gasteiger partial charge >= 0.3 is 6.03 Å². The Morgan fingerprint density at radius 3 is 2.68 bits per heavy atom. The van der Waals surface area contributed by atoms with Crippen LogP contribution in [0, 0.1) is 0 Å². The molecule has 0 aromatic carbocycles. The fourth-order valence-electron chi connectivity index (χ4n) is 1.93. The molecule has 1 aliphatic heterocycles. The molecule has 1 N–H and O–H groups in total. The maximum atomic E-state index is 12.5. The van der Waals surface area contributed by atoms with Crippen molar-refractivity contribution in [3.05, 3.63) is 50.9 Å². The van der Waals surface area contributed by atoms with Crippen LogP contribution in [0.3, 0.4) is 0 Å². The third-order valence-electron chi connectivity index (χ3n) is 2.89. The second kappa shape index (κ2) is 5.82. The third-order valence-corrected chi connectivity index (χ3v) is 4.46. The molecule has 0 atom stereocenters. The lowest BCUT2D eigenvalue weighted by Gasteiger charge is -2.25. The molecule has 1 aliphatic rings. The number of imide groups is 2. The molecule has 1 saturated heterocycles. The number of nitrogens with zero attached hydrogens (tertiary/aromatic N) is 2. The van der Waals surface area contributed by atoms with Crippen LogP contribution in [-0.4, -0.2) is 22.8 Å². The van der Waals surface area contributed by atoms with Gasteiger partial charge < -0.3 is 0 Å². The molecule has 3 heterocycles. The smallest absolute Gasteiger partial charge is 0.273 e. The van der Waals surface area contributed by atoms with E-state index in [9.17, 15) is 14.4 Å². The van der Waals surface area contributed by atoms with Crippen molar-refractivity contribution < 1.29 is 14.4 Å². The number of aromatic nitrogens is 1. The molecule has 8 heteroatoms. The maximum Gasteiger partial charge on any atom is 0.336 e. The van der Waals surface area contributed by atoms with Gasteiger partial charge in [-0.25, -0.2) is 9.69 Å². The Hall–Kier alpha value is -2.32. The predicted octanol–water partition coefficient (Wildman–Crippen LogP) is 2.57. The fraction of sp³-hybridized carbons (Fsp3) is 0. The number of nitrogens with one attached hydrogen (secondary N) is 1. The summed E-state index contributed by atoms with van der Waals surface area (Å²) in [6.07, 6.45) is 4.37. The number of hydrogen-bond acceptors (Lipinski definition) is 5. The molecule has 3 rings (SSSR count). The highest BCUT2D eigenvalue weighted by Gasteiger charge is 2.36. The number of rotatable bonds is 2. The lowest BCUT2D eigenvalue weighted by Crippen LogP contribution is -2.54. The predicted molar refractivity (Wildman–Crippen MR) is 85.3 cm³/mol. The summed E-state index contributed by atoms with van der Waals surface area (Å²) in [6.45, 7) is 0. The van der Waals surface area contributed by atoms with Gasteiger partial charge in [-0.1, -0.05) is 0 Å². The zero-order valence-electron chi connectivity index (χ0n) is 10.9. The number of thiophene rings is 1. The first-order valence-electron chi connectivity index (χ1n) is 6.13. The van der Waals surface area contributed by atoms with Gasteiger partial charge in [-0.15, -0.1) is 11.3 Å². The van der Waals surface area contributed by atoms with Crippen LogP contribution in [0.25, 0.3) is 6.08 Å². The number of hydrogen-bond donors (Lipinski definition) is 1. The summed E-state index contributed by atoms with van der Waals surface area (Å²) in [5.41, 5.74) is 0.202. The normalized spacial score (nSPS) is 17.0.